The summed E-state index contributed by atoms with van der Waals surface area (Å²) in [6.45, 7) is 10.8. The Hall–Kier alpha value is -2.22. The molecule has 1 saturated heterocycles. The Bertz CT molecular complexity index is 996. The number of aromatic nitrogens is 3. The van der Waals surface area contributed by atoms with E-state index in [-0.39, 0.29) is 11.2 Å². The van der Waals surface area contributed by atoms with Crippen LogP contribution in [0.1, 0.15) is 38.8 Å². The summed E-state index contributed by atoms with van der Waals surface area (Å²) in [5.74, 6) is 0. The number of rotatable bonds is 3. The van der Waals surface area contributed by atoms with Gasteiger partial charge in [0.1, 0.15) is 6.33 Å². The van der Waals surface area contributed by atoms with Gasteiger partial charge in [0.15, 0.2) is 0 Å². The maximum absolute atomic E-state index is 6.18. The van der Waals surface area contributed by atoms with Crippen molar-refractivity contribution >= 4 is 18.1 Å². The first-order chi connectivity index (χ1) is 12.7. The van der Waals surface area contributed by atoms with Gasteiger partial charge in [0, 0.05) is 23.8 Å². The van der Waals surface area contributed by atoms with E-state index in [1.54, 1.807) is 6.33 Å². The summed E-state index contributed by atoms with van der Waals surface area (Å²) in [7, 11) is -0.425. The SMILES string of the molecule is Cc1cc(-c2ncnn3cc(B4OC(C)(C)C(C)(C)O4)cc23)ccc1CN. The highest BCUT2D eigenvalue weighted by molar-refractivity contribution is 6.62. The molecule has 1 aliphatic heterocycles. The van der Waals surface area contributed by atoms with Crippen LogP contribution < -0.4 is 11.2 Å². The van der Waals surface area contributed by atoms with Gasteiger partial charge in [0.05, 0.1) is 22.4 Å². The van der Waals surface area contributed by atoms with E-state index in [2.05, 4.69) is 62.9 Å². The molecule has 2 N–H and O–H groups in total. The van der Waals surface area contributed by atoms with Gasteiger partial charge in [-0.15, -0.1) is 0 Å². The summed E-state index contributed by atoms with van der Waals surface area (Å²) in [5, 5.41) is 4.36. The molecule has 0 bridgehead atoms. The quantitative estimate of drug-likeness (QED) is 0.723. The molecule has 0 saturated carbocycles. The number of benzene rings is 1. The van der Waals surface area contributed by atoms with Gasteiger partial charge in [-0.05, 0) is 57.9 Å². The van der Waals surface area contributed by atoms with Crippen molar-refractivity contribution in [3.05, 3.63) is 47.9 Å². The topological polar surface area (TPSA) is 74.7 Å². The second kappa shape index (κ2) is 6.16. The molecule has 0 radical (unpaired) electrons. The minimum Gasteiger partial charge on any atom is -0.399 e. The molecule has 0 spiro atoms. The maximum atomic E-state index is 6.18. The van der Waals surface area contributed by atoms with Crippen LogP contribution in [0.2, 0.25) is 0 Å². The lowest BCUT2D eigenvalue weighted by molar-refractivity contribution is 0.00578. The minimum atomic E-state index is -0.425. The zero-order chi connectivity index (χ0) is 19.4. The second-order valence-electron chi connectivity index (χ2n) is 8.15. The Morgan fingerprint density at radius 1 is 1.11 bits per heavy atom. The van der Waals surface area contributed by atoms with Crippen LogP contribution in [0.4, 0.5) is 0 Å². The van der Waals surface area contributed by atoms with Crippen molar-refractivity contribution in [1.29, 1.82) is 0 Å². The highest BCUT2D eigenvalue weighted by Gasteiger charge is 2.52. The van der Waals surface area contributed by atoms with E-state index in [0.29, 0.717) is 6.54 Å². The molecule has 0 amide bonds. The van der Waals surface area contributed by atoms with Crippen molar-refractivity contribution in [3.63, 3.8) is 0 Å². The average molecular weight is 364 g/mol. The van der Waals surface area contributed by atoms with Gasteiger partial charge in [0.2, 0.25) is 0 Å². The molecular formula is C20H25BN4O2. The third kappa shape index (κ3) is 2.96. The Kier molecular flexibility index (Phi) is 4.14. The number of nitrogens with zero attached hydrogens (tertiary/aromatic N) is 3. The van der Waals surface area contributed by atoms with Gasteiger partial charge >= 0.3 is 7.12 Å². The molecule has 3 aromatic rings. The van der Waals surface area contributed by atoms with E-state index < -0.39 is 7.12 Å². The van der Waals surface area contributed by atoms with Crippen LogP contribution in [0.15, 0.2) is 36.8 Å². The molecule has 6 nitrogen and oxygen atoms in total. The van der Waals surface area contributed by atoms with E-state index in [1.165, 1.54) is 0 Å². The van der Waals surface area contributed by atoms with E-state index in [4.69, 9.17) is 15.0 Å². The van der Waals surface area contributed by atoms with Crippen molar-refractivity contribution in [3.8, 4) is 11.3 Å². The van der Waals surface area contributed by atoms with Gasteiger partial charge in [-0.25, -0.2) is 9.50 Å². The fraction of sp³-hybridized carbons (Fsp3) is 0.400. The average Bonchev–Trinajstić information content (AvgIpc) is 3.13. The predicted octanol–water partition coefficient (Wildman–Crippen LogP) is 2.46. The maximum Gasteiger partial charge on any atom is 0.496 e. The fourth-order valence-electron chi connectivity index (χ4n) is 3.35. The summed E-state index contributed by atoms with van der Waals surface area (Å²) < 4.78 is 14.2. The van der Waals surface area contributed by atoms with E-state index in [1.807, 2.05) is 16.8 Å². The summed E-state index contributed by atoms with van der Waals surface area (Å²) in [5.41, 5.74) is 11.1. The number of aryl methyl sites for hydroxylation is 1. The molecule has 0 atom stereocenters. The predicted molar refractivity (Wildman–Crippen MR) is 107 cm³/mol. The molecule has 3 heterocycles. The van der Waals surface area contributed by atoms with Gasteiger partial charge < -0.3 is 15.0 Å². The number of hydrogen-bond donors (Lipinski definition) is 1. The lowest BCUT2D eigenvalue weighted by Gasteiger charge is -2.32. The summed E-state index contributed by atoms with van der Waals surface area (Å²) in [6, 6.07) is 8.27. The van der Waals surface area contributed by atoms with E-state index in [9.17, 15) is 0 Å². The van der Waals surface area contributed by atoms with Crippen molar-refractivity contribution in [2.24, 2.45) is 5.73 Å². The van der Waals surface area contributed by atoms with Crippen LogP contribution in [-0.2, 0) is 15.9 Å². The fourth-order valence-corrected chi connectivity index (χ4v) is 3.35. The molecule has 0 unspecified atom stereocenters. The highest BCUT2D eigenvalue weighted by atomic mass is 16.7. The van der Waals surface area contributed by atoms with Crippen LogP contribution in [-0.4, -0.2) is 32.9 Å². The molecule has 7 heteroatoms. The largest absolute Gasteiger partial charge is 0.496 e. The molecule has 140 valence electrons. The molecule has 2 aromatic heterocycles. The molecule has 1 aliphatic rings. The summed E-state index contributed by atoms with van der Waals surface area (Å²) >= 11 is 0. The molecule has 1 aromatic carbocycles. The third-order valence-electron chi connectivity index (χ3n) is 5.79. The molecule has 0 aliphatic carbocycles. The molecular weight excluding hydrogens is 339 g/mol. The van der Waals surface area contributed by atoms with Crippen LogP contribution in [0.3, 0.4) is 0 Å². The molecule has 4 rings (SSSR count). The highest BCUT2D eigenvalue weighted by Crippen LogP contribution is 2.36. The number of hydrogen-bond acceptors (Lipinski definition) is 5. The third-order valence-corrected chi connectivity index (χ3v) is 5.79. The Balaban J connectivity index is 1.77. The van der Waals surface area contributed by atoms with Crippen LogP contribution in [0.5, 0.6) is 0 Å². The Morgan fingerprint density at radius 3 is 2.44 bits per heavy atom. The first-order valence-corrected chi connectivity index (χ1v) is 9.21. The smallest absolute Gasteiger partial charge is 0.399 e. The van der Waals surface area contributed by atoms with Gasteiger partial charge in [-0.3, -0.25) is 0 Å². The van der Waals surface area contributed by atoms with Crippen LogP contribution >= 0.6 is 0 Å². The van der Waals surface area contributed by atoms with Crippen LogP contribution in [0.25, 0.3) is 16.8 Å². The minimum absolute atomic E-state index is 0.380. The normalized spacial score (nSPS) is 18.4. The lowest BCUT2D eigenvalue weighted by atomic mass is 9.81. The standard InChI is InChI=1S/C20H25BN4O2/c1-13-8-14(6-7-15(13)10-22)18-17-9-16(11-25(17)24-12-23-18)21-26-19(2,3)20(4,5)27-21/h6-9,11-12H,10,22H2,1-5H3. The zero-order valence-corrected chi connectivity index (χ0v) is 16.5. The summed E-state index contributed by atoms with van der Waals surface area (Å²) in [6.07, 6.45) is 3.52. The van der Waals surface area contributed by atoms with Crippen LogP contribution in [0, 0.1) is 6.92 Å². The lowest BCUT2D eigenvalue weighted by Crippen LogP contribution is -2.41. The zero-order valence-electron chi connectivity index (χ0n) is 16.5. The van der Waals surface area contributed by atoms with Gasteiger partial charge in [-0.1, -0.05) is 12.1 Å². The monoisotopic (exact) mass is 364 g/mol. The Labute approximate surface area is 159 Å². The van der Waals surface area contributed by atoms with Crippen molar-refractivity contribution in [2.45, 2.75) is 52.4 Å². The van der Waals surface area contributed by atoms with Crippen molar-refractivity contribution in [2.75, 3.05) is 0 Å². The molecule has 1 fully saturated rings. The van der Waals surface area contributed by atoms with Gasteiger partial charge in [-0.2, -0.15) is 5.10 Å². The first-order valence-electron chi connectivity index (χ1n) is 9.21. The molecule has 27 heavy (non-hydrogen) atoms. The van der Waals surface area contributed by atoms with E-state index in [0.717, 1.165) is 33.4 Å². The van der Waals surface area contributed by atoms with Crippen molar-refractivity contribution < 1.29 is 9.31 Å². The first kappa shape index (κ1) is 18.2. The van der Waals surface area contributed by atoms with Gasteiger partial charge in [0.25, 0.3) is 0 Å². The second-order valence-corrected chi connectivity index (χ2v) is 8.15. The number of nitrogens with two attached hydrogens (primary N) is 1. The summed E-state index contributed by atoms with van der Waals surface area (Å²) in [4.78, 5) is 4.53. The number of fused-ring (bicyclic) bond motifs is 1. The Morgan fingerprint density at radius 2 is 1.81 bits per heavy atom. The van der Waals surface area contributed by atoms with E-state index >= 15 is 0 Å². The van der Waals surface area contributed by atoms with Crippen molar-refractivity contribution in [1.82, 2.24) is 14.6 Å².